The van der Waals surface area contributed by atoms with Gasteiger partial charge in [0, 0.05) is 60.7 Å². The number of anilines is 2. The maximum atomic E-state index is 12.8. The number of hydrogen-bond acceptors (Lipinski definition) is 10. The van der Waals surface area contributed by atoms with Gasteiger partial charge < -0.3 is 24.8 Å². The topological polar surface area (TPSA) is 107 Å². The Balaban J connectivity index is 0.847. The van der Waals surface area contributed by atoms with Gasteiger partial charge in [-0.3, -0.25) is 14.7 Å². The van der Waals surface area contributed by atoms with Crippen LogP contribution in [0.3, 0.4) is 0 Å². The number of likely N-dealkylation sites (tertiary alicyclic amines) is 1. The summed E-state index contributed by atoms with van der Waals surface area (Å²) in [6, 6.07) is 24.9. The number of carboxylic acid groups (broad SMARTS) is 1. The first-order valence-electron chi connectivity index (χ1n) is 19.6. The second kappa shape index (κ2) is 16.6. The van der Waals surface area contributed by atoms with Gasteiger partial charge in [0.05, 0.1) is 17.7 Å². The normalized spacial score (nSPS) is 18.5. The minimum Gasteiger partial charge on any atom is -0.493 e. The molecule has 0 bridgehead atoms. The van der Waals surface area contributed by atoms with Crippen LogP contribution < -0.4 is 19.7 Å². The molecule has 0 spiro atoms. The number of carbonyl (C=O) groups is 2. The SMILES string of the molecule is C=Nc1ccc(CSN2CCC(Nc3cccc(-c4sc(C(=O)O)c(OC)c4Cl)c3)CC2(C)C)cc1OCN1CCC(c2ccc3c4c(cccc24)C(=O)N3C)CC1. The van der Waals surface area contributed by atoms with Crippen LogP contribution in [0.5, 0.6) is 11.5 Å². The van der Waals surface area contributed by atoms with E-state index in [1.807, 2.05) is 61.5 Å². The zero-order valence-corrected chi connectivity index (χ0v) is 35.6. The molecule has 1 aromatic heterocycles. The van der Waals surface area contributed by atoms with Gasteiger partial charge in [0.15, 0.2) is 10.6 Å². The lowest BCUT2D eigenvalue weighted by molar-refractivity contribution is 0.0698. The van der Waals surface area contributed by atoms with E-state index in [1.54, 1.807) is 4.90 Å². The summed E-state index contributed by atoms with van der Waals surface area (Å²) in [4.78, 5) is 33.7. The number of ether oxygens (including phenoxy) is 2. The molecule has 5 aromatic rings. The molecular weight excluding hydrogens is 790 g/mol. The Labute approximate surface area is 352 Å². The van der Waals surface area contributed by atoms with E-state index in [0.717, 1.165) is 102 Å². The molecule has 13 heteroatoms. The molecule has 0 saturated carbocycles. The van der Waals surface area contributed by atoms with Crippen molar-refractivity contribution in [1.29, 1.82) is 0 Å². The average Bonchev–Trinajstić information content (AvgIpc) is 3.69. The van der Waals surface area contributed by atoms with Gasteiger partial charge in [-0.15, -0.1) is 11.3 Å². The molecule has 302 valence electrons. The highest BCUT2D eigenvalue weighted by atomic mass is 35.5. The van der Waals surface area contributed by atoms with Crippen molar-refractivity contribution in [2.45, 2.75) is 62.8 Å². The standard InChI is InChI=1S/C45H48ClN5O5S2/c1-45(2)24-31(48-30-9-6-8-29(23-30)41-39(46)40(55-5)42(58-41)44(53)54)18-21-51(45)57-25-27-12-14-35(47-3)37(22-27)56-26-50-19-16-28(17-20-50)32-13-15-36-38-33(32)10-7-11-34(38)43(52)49(36)4/h6-15,22-23,28,31,48H,3,16-21,24-26H2,1-2,4-5H3,(H,53,54). The first kappa shape index (κ1) is 40.2. The van der Waals surface area contributed by atoms with Crippen LogP contribution in [0.15, 0.2) is 77.8 Å². The number of rotatable bonds is 13. The summed E-state index contributed by atoms with van der Waals surface area (Å²) in [5, 5.41) is 16.0. The predicted molar refractivity (Wildman–Crippen MR) is 238 cm³/mol. The summed E-state index contributed by atoms with van der Waals surface area (Å²) in [6.45, 7) is 11.7. The third-order valence-electron chi connectivity index (χ3n) is 11.8. The third kappa shape index (κ3) is 7.80. The van der Waals surface area contributed by atoms with Crippen LogP contribution in [0.2, 0.25) is 5.02 Å². The number of benzene rings is 4. The molecule has 4 aromatic carbocycles. The van der Waals surface area contributed by atoms with E-state index >= 15 is 0 Å². The first-order valence-corrected chi connectivity index (χ1v) is 21.7. The van der Waals surface area contributed by atoms with Crippen molar-refractivity contribution in [2.24, 2.45) is 4.99 Å². The second-order valence-electron chi connectivity index (χ2n) is 15.9. The Bertz CT molecular complexity index is 2390. The predicted octanol–water partition coefficient (Wildman–Crippen LogP) is 10.6. The number of carboxylic acids is 1. The third-order valence-corrected chi connectivity index (χ3v) is 14.9. The van der Waals surface area contributed by atoms with Crippen molar-refractivity contribution in [2.75, 3.05) is 50.7 Å². The van der Waals surface area contributed by atoms with E-state index < -0.39 is 5.97 Å². The minimum atomic E-state index is -1.06. The van der Waals surface area contributed by atoms with Gasteiger partial charge in [-0.2, -0.15) is 0 Å². The zero-order chi connectivity index (χ0) is 40.7. The van der Waals surface area contributed by atoms with E-state index in [1.165, 1.54) is 23.6 Å². The van der Waals surface area contributed by atoms with E-state index in [9.17, 15) is 14.7 Å². The van der Waals surface area contributed by atoms with Crippen molar-refractivity contribution in [1.82, 2.24) is 9.21 Å². The maximum absolute atomic E-state index is 12.8. The number of thiophene rings is 1. The van der Waals surface area contributed by atoms with Gasteiger partial charge >= 0.3 is 5.97 Å². The van der Waals surface area contributed by atoms with E-state index in [0.29, 0.717) is 22.5 Å². The molecule has 1 amide bonds. The number of piperidine rings is 2. The molecule has 2 N–H and O–H groups in total. The Hall–Kier alpha value is -4.59. The van der Waals surface area contributed by atoms with Crippen LogP contribution in [0.25, 0.3) is 21.2 Å². The first-order chi connectivity index (χ1) is 27.9. The molecule has 1 unspecified atom stereocenters. The quantitative estimate of drug-likeness (QED) is 0.0885. The van der Waals surface area contributed by atoms with Crippen LogP contribution in [0, 0.1) is 0 Å². The van der Waals surface area contributed by atoms with Gasteiger partial charge in [0.2, 0.25) is 0 Å². The second-order valence-corrected chi connectivity index (χ2v) is 18.3. The lowest BCUT2D eigenvalue weighted by atomic mass is 9.85. The van der Waals surface area contributed by atoms with Crippen molar-refractivity contribution in [3.05, 3.63) is 99.4 Å². The molecule has 3 aliphatic rings. The highest BCUT2D eigenvalue weighted by Gasteiger charge is 2.36. The largest absolute Gasteiger partial charge is 0.493 e. The van der Waals surface area contributed by atoms with Crippen molar-refractivity contribution >= 4 is 81.3 Å². The van der Waals surface area contributed by atoms with Gasteiger partial charge in [0.25, 0.3) is 5.91 Å². The summed E-state index contributed by atoms with van der Waals surface area (Å²) in [7, 11) is 3.29. The number of aromatic carboxylic acids is 1. The van der Waals surface area contributed by atoms with E-state index in [2.05, 4.69) is 70.4 Å². The highest BCUT2D eigenvalue weighted by Crippen LogP contribution is 2.46. The molecule has 4 heterocycles. The minimum absolute atomic E-state index is 0.0618. The van der Waals surface area contributed by atoms with Crippen LogP contribution >= 0.6 is 34.9 Å². The maximum Gasteiger partial charge on any atom is 0.349 e. The number of aliphatic imine (C=N–C) groups is 1. The van der Waals surface area contributed by atoms with Gasteiger partial charge in [-0.05, 0) is 111 Å². The molecular formula is C45H48ClN5O5S2. The van der Waals surface area contributed by atoms with Crippen molar-refractivity contribution < 1.29 is 24.2 Å². The molecule has 10 nitrogen and oxygen atoms in total. The average molecular weight is 838 g/mol. The summed E-state index contributed by atoms with van der Waals surface area (Å²) in [5.74, 6) is 1.20. The molecule has 2 saturated heterocycles. The molecule has 2 fully saturated rings. The van der Waals surface area contributed by atoms with Gasteiger partial charge in [-0.25, -0.2) is 9.10 Å². The zero-order valence-electron chi connectivity index (χ0n) is 33.2. The number of methoxy groups -OCH3 is 1. The Kier molecular flexibility index (Phi) is 11.5. The number of halogens is 1. The molecule has 3 aliphatic heterocycles. The van der Waals surface area contributed by atoms with Crippen molar-refractivity contribution in [3.63, 3.8) is 0 Å². The molecule has 1 atom stereocenters. The van der Waals surface area contributed by atoms with Crippen LogP contribution in [-0.4, -0.2) is 85.0 Å². The number of nitrogens with one attached hydrogen (secondary N) is 1. The monoisotopic (exact) mass is 837 g/mol. The molecule has 58 heavy (non-hydrogen) atoms. The molecule has 8 rings (SSSR count). The van der Waals surface area contributed by atoms with Gasteiger partial charge in [-0.1, -0.05) is 59.9 Å². The van der Waals surface area contributed by atoms with Crippen molar-refractivity contribution in [3.8, 4) is 21.9 Å². The summed E-state index contributed by atoms with van der Waals surface area (Å²) in [5.41, 5.74) is 6.81. The Morgan fingerprint density at radius 1 is 1.07 bits per heavy atom. The fourth-order valence-corrected chi connectivity index (χ4v) is 11.3. The number of nitrogens with zero attached hydrogens (tertiary/aromatic N) is 4. The fourth-order valence-electron chi connectivity index (χ4n) is 8.73. The summed E-state index contributed by atoms with van der Waals surface area (Å²) in [6.07, 6.45) is 3.98. The lowest BCUT2D eigenvalue weighted by Gasteiger charge is -2.45. The Morgan fingerprint density at radius 3 is 2.59 bits per heavy atom. The molecule has 0 radical (unpaired) electrons. The van der Waals surface area contributed by atoms with Crippen LogP contribution in [0.1, 0.15) is 76.6 Å². The molecule has 0 aliphatic carbocycles. The number of hydrogen-bond donors (Lipinski definition) is 2. The lowest BCUT2D eigenvalue weighted by Crippen LogP contribution is -2.49. The summed E-state index contributed by atoms with van der Waals surface area (Å²) >= 11 is 9.54. The number of carbonyl (C=O) groups excluding carboxylic acids is 1. The van der Waals surface area contributed by atoms with Crippen LogP contribution in [-0.2, 0) is 5.75 Å². The Morgan fingerprint density at radius 2 is 1.86 bits per heavy atom. The van der Waals surface area contributed by atoms with E-state index in [4.69, 9.17) is 21.1 Å². The summed E-state index contributed by atoms with van der Waals surface area (Å²) < 4.78 is 14.2. The number of amides is 1. The van der Waals surface area contributed by atoms with Gasteiger partial charge in [0.1, 0.15) is 23.2 Å². The highest BCUT2D eigenvalue weighted by molar-refractivity contribution is 7.96. The fraction of sp³-hybridized carbons (Fsp3) is 0.356. The van der Waals surface area contributed by atoms with E-state index in [-0.39, 0.29) is 28.1 Å². The van der Waals surface area contributed by atoms with Crippen LogP contribution in [0.4, 0.5) is 17.1 Å². The smallest absolute Gasteiger partial charge is 0.349 e.